The first-order chi connectivity index (χ1) is 11.2. The van der Waals surface area contributed by atoms with Crippen molar-refractivity contribution in [1.82, 2.24) is 9.97 Å². The number of nitrogens with one attached hydrogen (secondary N) is 1. The zero-order chi connectivity index (χ0) is 16.1. The smallest absolute Gasteiger partial charge is 0.228 e. The summed E-state index contributed by atoms with van der Waals surface area (Å²) >= 11 is 6.07. The summed E-state index contributed by atoms with van der Waals surface area (Å²) in [6.45, 7) is 2.00. The standard InChI is InChI=1S/C17H19ClN4O/c18-15-7-3-2-6-13(15)10-16(23)21-14-11-19-17(20-12-14)22-8-4-1-5-9-22/h2-3,6-7,11-12H,1,4-5,8-10H2,(H,21,23). The van der Waals surface area contributed by atoms with E-state index in [1.54, 1.807) is 18.5 Å². The number of hydrogen-bond acceptors (Lipinski definition) is 4. The van der Waals surface area contributed by atoms with E-state index in [1.165, 1.54) is 19.3 Å². The number of rotatable bonds is 4. The first kappa shape index (κ1) is 15.7. The van der Waals surface area contributed by atoms with E-state index in [0.29, 0.717) is 10.7 Å². The summed E-state index contributed by atoms with van der Waals surface area (Å²) in [5.41, 5.74) is 1.40. The summed E-state index contributed by atoms with van der Waals surface area (Å²) in [5.74, 6) is 0.598. The van der Waals surface area contributed by atoms with E-state index >= 15 is 0 Å². The molecule has 5 nitrogen and oxygen atoms in total. The maximum atomic E-state index is 12.1. The lowest BCUT2D eigenvalue weighted by Gasteiger charge is -2.26. The van der Waals surface area contributed by atoms with Gasteiger partial charge in [0.05, 0.1) is 24.5 Å². The SMILES string of the molecule is O=C(Cc1ccccc1Cl)Nc1cnc(N2CCCCC2)nc1. The highest BCUT2D eigenvalue weighted by atomic mass is 35.5. The summed E-state index contributed by atoms with van der Waals surface area (Å²) in [6, 6.07) is 7.33. The van der Waals surface area contributed by atoms with Gasteiger partial charge in [0.25, 0.3) is 0 Å². The number of anilines is 2. The van der Waals surface area contributed by atoms with Gasteiger partial charge < -0.3 is 10.2 Å². The number of hydrogen-bond donors (Lipinski definition) is 1. The maximum Gasteiger partial charge on any atom is 0.228 e. The molecule has 0 unspecified atom stereocenters. The van der Waals surface area contributed by atoms with Crippen LogP contribution in [0.5, 0.6) is 0 Å². The van der Waals surface area contributed by atoms with Gasteiger partial charge in [-0.05, 0) is 30.9 Å². The van der Waals surface area contributed by atoms with Gasteiger partial charge in [0.1, 0.15) is 0 Å². The van der Waals surface area contributed by atoms with Gasteiger partial charge in [-0.1, -0.05) is 29.8 Å². The predicted octanol–water partition coefficient (Wildman–Crippen LogP) is 3.30. The molecule has 3 rings (SSSR count). The van der Waals surface area contributed by atoms with Crippen LogP contribution in [0.3, 0.4) is 0 Å². The highest BCUT2D eigenvalue weighted by Crippen LogP contribution is 2.18. The molecule has 0 aliphatic carbocycles. The fourth-order valence-electron chi connectivity index (χ4n) is 2.66. The second-order valence-electron chi connectivity index (χ2n) is 5.64. The molecule has 1 aromatic heterocycles. The molecule has 1 aliphatic heterocycles. The van der Waals surface area contributed by atoms with Crippen molar-refractivity contribution in [2.45, 2.75) is 25.7 Å². The van der Waals surface area contributed by atoms with Crippen molar-refractivity contribution in [3.8, 4) is 0 Å². The molecule has 120 valence electrons. The molecule has 0 saturated carbocycles. The average molecular weight is 331 g/mol. The molecule has 1 N–H and O–H groups in total. The quantitative estimate of drug-likeness (QED) is 0.934. The molecule has 2 heterocycles. The summed E-state index contributed by atoms with van der Waals surface area (Å²) in [4.78, 5) is 23.0. The molecule has 0 atom stereocenters. The van der Waals surface area contributed by atoms with Crippen LogP contribution in [0, 0.1) is 0 Å². The number of aromatic nitrogens is 2. The number of piperidine rings is 1. The van der Waals surface area contributed by atoms with Crippen LogP contribution >= 0.6 is 11.6 Å². The fourth-order valence-corrected chi connectivity index (χ4v) is 2.87. The third-order valence-electron chi connectivity index (χ3n) is 3.87. The van der Waals surface area contributed by atoms with Gasteiger partial charge in [-0.2, -0.15) is 0 Å². The van der Waals surface area contributed by atoms with Crippen molar-refractivity contribution in [2.24, 2.45) is 0 Å². The molecule has 0 spiro atoms. The third-order valence-corrected chi connectivity index (χ3v) is 4.24. The average Bonchev–Trinajstić information content (AvgIpc) is 2.58. The van der Waals surface area contributed by atoms with Crippen molar-refractivity contribution >= 4 is 29.1 Å². The normalized spacial score (nSPS) is 14.6. The highest BCUT2D eigenvalue weighted by molar-refractivity contribution is 6.31. The van der Waals surface area contributed by atoms with Gasteiger partial charge in [-0.25, -0.2) is 9.97 Å². The predicted molar refractivity (Wildman–Crippen MR) is 91.9 cm³/mol. The summed E-state index contributed by atoms with van der Waals surface area (Å²) in [7, 11) is 0. The first-order valence-corrected chi connectivity index (χ1v) is 8.20. The van der Waals surface area contributed by atoms with Crippen LogP contribution in [0.1, 0.15) is 24.8 Å². The number of amides is 1. The van der Waals surface area contributed by atoms with Crippen LogP contribution in [0.15, 0.2) is 36.7 Å². The van der Waals surface area contributed by atoms with Crippen molar-refractivity contribution < 1.29 is 4.79 Å². The molecule has 6 heteroatoms. The largest absolute Gasteiger partial charge is 0.341 e. The fraction of sp³-hybridized carbons (Fsp3) is 0.353. The zero-order valence-corrected chi connectivity index (χ0v) is 13.6. The van der Waals surface area contributed by atoms with Gasteiger partial charge in [0, 0.05) is 18.1 Å². The lowest BCUT2D eigenvalue weighted by atomic mass is 10.1. The highest BCUT2D eigenvalue weighted by Gasteiger charge is 2.13. The van der Waals surface area contributed by atoms with Crippen LogP contribution in [-0.4, -0.2) is 29.0 Å². The van der Waals surface area contributed by atoms with Crippen molar-refractivity contribution in [3.05, 3.63) is 47.2 Å². The van der Waals surface area contributed by atoms with E-state index < -0.39 is 0 Å². The van der Waals surface area contributed by atoms with E-state index in [1.807, 2.05) is 18.2 Å². The van der Waals surface area contributed by atoms with Crippen molar-refractivity contribution in [1.29, 1.82) is 0 Å². The van der Waals surface area contributed by atoms with E-state index in [9.17, 15) is 4.79 Å². The summed E-state index contributed by atoms with van der Waals surface area (Å²) in [5, 5.41) is 3.40. The number of halogens is 1. The molecule has 2 aromatic rings. The summed E-state index contributed by atoms with van der Waals surface area (Å²) < 4.78 is 0. The molecule has 1 amide bonds. The Morgan fingerprint density at radius 3 is 2.52 bits per heavy atom. The first-order valence-electron chi connectivity index (χ1n) is 7.82. The minimum absolute atomic E-state index is 0.132. The van der Waals surface area contributed by atoms with Crippen molar-refractivity contribution in [2.75, 3.05) is 23.3 Å². The number of carbonyl (C=O) groups is 1. The molecular formula is C17H19ClN4O. The van der Waals surface area contributed by atoms with Crippen LogP contribution in [0.25, 0.3) is 0 Å². The molecule has 0 bridgehead atoms. The van der Waals surface area contributed by atoms with E-state index in [0.717, 1.165) is 24.6 Å². The zero-order valence-electron chi connectivity index (χ0n) is 12.8. The summed E-state index contributed by atoms with van der Waals surface area (Å²) in [6.07, 6.45) is 7.17. The Kier molecular flexibility index (Phi) is 5.08. The minimum atomic E-state index is -0.132. The van der Waals surface area contributed by atoms with E-state index in [2.05, 4.69) is 20.2 Å². The Hall–Kier alpha value is -2.14. The Morgan fingerprint density at radius 2 is 1.83 bits per heavy atom. The van der Waals surface area contributed by atoms with Gasteiger partial charge >= 0.3 is 0 Å². The number of carbonyl (C=O) groups excluding carboxylic acids is 1. The van der Waals surface area contributed by atoms with Crippen molar-refractivity contribution in [3.63, 3.8) is 0 Å². The van der Waals surface area contributed by atoms with Gasteiger partial charge in [0.2, 0.25) is 11.9 Å². The van der Waals surface area contributed by atoms with Gasteiger partial charge in [-0.15, -0.1) is 0 Å². The second-order valence-corrected chi connectivity index (χ2v) is 6.04. The van der Waals surface area contributed by atoms with Crippen LogP contribution in [0.4, 0.5) is 11.6 Å². The van der Waals surface area contributed by atoms with Gasteiger partial charge in [-0.3, -0.25) is 4.79 Å². The Bertz CT molecular complexity index is 669. The maximum absolute atomic E-state index is 12.1. The monoisotopic (exact) mass is 330 g/mol. The molecule has 1 fully saturated rings. The Balaban J connectivity index is 1.59. The molecule has 0 radical (unpaired) electrons. The Morgan fingerprint density at radius 1 is 1.13 bits per heavy atom. The topological polar surface area (TPSA) is 58.1 Å². The van der Waals surface area contributed by atoms with E-state index in [4.69, 9.17) is 11.6 Å². The number of nitrogens with zero attached hydrogens (tertiary/aromatic N) is 3. The lowest BCUT2D eigenvalue weighted by molar-refractivity contribution is -0.115. The van der Waals surface area contributed by atoms with E-state index in [-0.39, 0.29) is 12.3 Å². The van der Waals surface area contributed by atoms with Crippen LogP contribution in [0.2, 0.25) is 5.02 Å². The second kappa shape index (κ2) is 7.42. The molecule has 1 saturated heterocycles. The molecule has 23 heavy (non-hydrogen) atoms. The molecule has 1 aliphatic rings. The third kappa shape index (κ3) is 4.20. The van der Waals surface area contributed by atoms with Gasteiger partial charge in [0.15, 0.2) is 0 Å². The minimum Gasteiger partial charge on any atom is -0.341 e. The number of benzene rings is 1. The molecular weight excluding hydrogens is 312 g/mol. The molecule has 1 aromatic carbocycles. The lowest BCUT2D eigenvalue weighted by Crippen LogP contribution is -2.30. The van der Waals surface area contributed by atoms with Crippen LogP contribution in [-0.2, 0) is 11.2 Å². The van der Waals surface area contributed by atoms with Crippen LogP contribution < -0.4 is 10.2 Å². The Labute approximate surface area is 140 Å².